The number of esters is 1. The molecule has 0 spiro atoms. The second kappa shape index (κ2) is 4.77. The van der Waals surface area contributed by atoms with Crippen LogP contribution in [0.5, 0.6) is 5.75 Å². The molecule has 5 nitrogen and oxygen atoms in total. The van der Waals surface area contributed by atoms with E-state index in [0.717, 1.165) is 10.9 Å². The molecule has 5 heteroatoms. The molecule has 0 amide bonds. The van der Waals surface area contributed by atoms with Crippen molar-refractivity contribution in [2.24, 2.45) is 0 Å². The second-order valence-corrected chi connectivity index (χ2v) is 4.53. The highest BCUT2D eigenvalue weighted by Crippen LogP contribution is 2.21. The summed E-state index contributed by atoms with van der Waals surface area (Å²) in [6.07, 6.45) is 1.45. The number of ether oxygens (including phenoxy) is 1. The van der Waals surface area contributed by atoms with E-state index in [1.54, 1.807) is 19.9 Å². The number of rotatable bonds is 2. The fourth-order valence-electron chi connectivity index (χ4n) is 2.06. The first-order valence-electron chi connectivity index (χ1n) is 6.23. The van der Waals surface area contributed by atoms with E-state index < -0.39 is 5.97 Å². The SMILES string of the molecule is Cc1ncnc(C)c1OC(=O)c1cc2ccccc2[nH]1. The van der Waals surface area contributed by atoms with Gasteiger partial charge < -0.3 is 9.72 Å². The van der Waals surface area contributed by atoms with Crippen LogP contribution in [0.15, 0.2) is 36.7 Å². The average molecular weight is 267 g/mol. The van der Waals surface area contributed by atoms with E-state index >= 15 is 0 Å². The molecule has 2 heterocycles. The van der Waals surface area contributed by atoms with Crippen LogP contribution in [0.2, 0.25) is 0 Å². The monoisotopic (exact) mass is 267 g/mol. The van der Waals surface area contributed by atoms with Crippen LogP contribution < -0.4 is 4.74 Å². The van der Waals surface area contributed by atoms with Gasteiger partial charge in [-0.1, -0.05) is 18.2 Å². The number of H-pyrrole nitrogens is 1. The molecule has 0 aliphatic carbocycles. The van der Waals surface area contributed by atoms with Crippen molar-refractivity contribution >= 4 is 16.9 Å². The van der Waals surface area contributed by atoms with Gasteiger partial charge >= 0.3 is 5.97 Å². The van der Waals surface area contributed by atoms with Crippen molar-refractivity contribution in [2.75, 3.05) is 0 Å². The first kappa shape index (κ1) is 12.3. The third-order valence-corrected chi connectivity index (χ3v) is 3.10. The molecule has 0 atom stereocenters. The Morgan fingerprint density at radius 1 is 1.15 bits per heavy atom. The molecule has 0 radical (unpaired) electrons. The van der Waals surface area contributed by atoms with Crippen molar-refractivity contribution < 1.29 is 9.53 Å². The number of fused-ring (bicyclic) bond motifs is 1. The van der Waals surface area contributed by atoms with E-state index in [-0.39, 0.29) is 0 Å². The van der Waals surface area contributed by atoms with Crippen molar-refractivity contribution in [2.45, 2.75) is 13.8 Å². The average Bonchev–Trinajstić information content (AvgIpc) is 2.87. The Kier molecular flexibility index (Phi) is 2.95. The van der Waals surface area contributed by atoms with E-state index in [9.17, 15) is 4.79 Å². The van der Waals surface area contributed by atoms with E-state index in [2.05, 4.69) is 15.0 Å². The Hall–Kier alpha value is -2.69. The first-order valence-corrected chi connectivity index (χ1v) is 6.23. The third-order valence-electron chi connectivity index (χ3n) is 3.10. The zero-order valence-corrected chi connectivity index (χ0v) is 11.2. The van der Waals surface area contributed by atoms with Gasteiger partial charge in [-0.05, 0) is 26.0 Å². The number of carbonyl (C=O) groups excluding carboxylic acids is 1. The van der Waals surface area contributed by atoms with Gasteiger partial charge in [0.1, 0.15) is 12.0 Å². The molecule has 2 aromatic heterocycles. The van der Waals surface area contributed by atoms with Crippen molar-refractivity contribution in [1.82, 2.24) is 15.0 Å². The van der Waals surface area contributed by atoms with Gasteiger partial charge in [-0.3, -0.25) is 0 Å². The molecular formula is C15H13N3O2. The number of nitrogens with zero attached hydrogens (tertiary/aromatic N) is 2. The fourth-order valence-corrected chi connectivity index (χ4v) is 2.06. The van der Waals surface area contributed by atoms with Crippen LogP contribution in [-0.2, 0) is 0 Å². The summed E-state index contributed by atoms with van der Waals surface area (Å²) in [5.41, 5.74) is 2.59. The largest absolute Gasteiger partial charge is 0.418 e. The molecule has 1 N–H and O–H groups in total. The molecule has 100 valence electrons. The molecule has 3 rings (SSSR count). The maximum absolute atomic E-state index is 12.2. The Morgan fingerprint density at radius 2 is 1.85 bits per heavy atom. The maximum atomic E-state index is 12.2. The number of nitrogens with one attached hydrogen (secondary N) is 1. The highest BCUT2D eigenvalue weighted by molar-refractivity contribution is 5.95. The van der Waals surface area contributed by atoms with E-state index in [0.29, 0.717) is 22.8 Å². The number of aromatic nitrogens is 3. The number of hydrogen-bond acceptors (Lipinski definition) is 4. The standard InChI is InChI=1S/C15H13N3O2/c1-9-14(10(2)17-8-16-9)20-15(19)13-7-11-5-3-4-6-12(11)18-13/h3-8,18H,1-2H3. The summed E-state index contributed by atoms with van der Waals surface area (Å²) >= 11 is 0. The zero-order valence-electron chi connectivity index (χ0n) is 11.2. The molecule has 0 fully saturated rings. The molecule has 1 aromatic carbocycles. The Bertz CT molecular complexity index is 739. The topological polar surface area (TPSA) is 67.9 Å². The molecule has 0 saturated carbocycles. The number of carbonyl (C=O) groups is 1. The van der Waals surface area contributed by atoms with Crippen LogP contribution >= 0.6 is 0 Å². The lowest BCUT2D eigenvalue weighted by Crippen LogP contribution is -2.11. The van der Waals surface area contributed by atoms with Crippen molar-refractivity contribution in [3.05, 3.63) is 53.7 Å². The maximum Gasteiger partial charge on any atom is 0.360 e. The van der Waals surface area contributed by atoms with Crippen LogP contribution in [-0.4, -0.2) is 20.9 Å². The predicted molar refractivity (Wildman–Crippen MR) is 74.8 cm³/mol. The molecule has 0 aliphatic rings. The van der Waals surface area contributed by atoms with Gasteiger partial charge in [0.15, 0.2) is 5.75 Å². The van der Waals surface area contributed by atoms with Gasteiger partial charge in [-0.2, -0.15) is 0 Å². The minimum absolute atomic E-state index is 0.411. The number of aromatic amines is 1. The Balaban J connectivity index is 1.93. The molecule has 0 bridgehead atoms. The summed E-state index contributed by atoms with van der Waals surface area (Å²) in [7, 11) is 0. The van der Waals surface area contributed by atoms with Gasteiger partial charge in [0.2, 0.25) is 0 Å². The van der Waals surface area contributed by atoms with Crippen LogP contribution in [0.1, 0.15) is 21.9 Å². The highest BCUT2D eigenvalue weighted by Gasteiger charge is 2.15. The molecular weight excluding hydrogens is 254 g/mol. The van der Waals surface area contributed by atoms with Gasteiger partial charge in [-0.25, -0.2) is 14.8 Å². The molecule has 0 aliphatic heterocycles. The lowest BCUT2D eigenvalue weighted by atomic mass is 10.2. The lowest BCUT2D eigenvalue weighted by molar-refractivity contribution is 0.0725. The smallest absolute Gasteiger partial charge is 0.360 e. The molecule has 20 heavy (non-hydrogen) atoms. The summed E-state index contributed by atoms with van der Waals surface area (Å²) in [5.74, 6) is -0.0293. The Morgan fingerprint density at radius 3 is 2.55 bits per heavy atom. The van der Waals surface area contributed by atoms with Gasteiger partial charge in [0.05, 0.1) is 11.4 Å². The van der Waals surface area contributed by atoms with Crippen LogP contribution in [0, 0.1) is 13.8 Å². The van der Waals surface area contributed by atoms with Crippen LogP contribution in [0.25, 0.3) is 10.9 Å². The van der Waals surface area contributed by atoms with E-state index in [1.807, 2.05) is 24.3 Å². The first-order chi connectivity index (χ1) is 9.65. The third kappa shape index (κ3) is 2.14. The van der Waals surface area contributed by atoms with Crippen LogP contribution in [0.4, 0.5) is 0 Å². The normalized spacial score (nSPS) is 10.7. The minimum Gasteiger partial charge on any atom is -0.418 e. The summed E-state index contributed by atoms with van der Waals surface area (Å²) in [6.45, 7) is 3.56. The number of hydrogen-bond donors (Lipinski definition) is 1. The van der Waals surface area contributed by atoms with E-state index in [1.165, 1.54) is 6.33 Å². The summed E-state index contributed by atoms with van der Waals surface area (Å²) in [4.78, 5) is 23.3. The lowest BCUT2D eigenvalue weighted by Gasteiger charge is -2.07. The quantitative estimate of drug-likeness (QED) is 0.725. The summed E-state index contributed by atoms with van der Waals surface area (Å²) in [6, 6.07) is 9.45. The Labute approximate surface area is 115 Å². The highest BCUT2D eigenvalue weighted by atomic mass is 16.5. The van der Waals surface area contributed by atoms with Crippen molar-refractivity contribution in [3.8, 4) is 5.75 Å². The fraction of sp³-hybridized carbons (Fsp3) is 0.133. The van der Waals surface area contributed by atoms with Crippen molar-refractivity contribution in [1.29, 1.82) is 0 Å². The molecule has 0 saturated heterocycles. The minimum atomic E-state index is -0.442. The zero-order chi connectivity index (χ0) is 14.1. The predicted octanol–water partition coefficient (Wildman–Crippen LogP) is 2.79. The van der Waals surface area contributed by atoms with Gasteiger partial charge in [-0.15, -0.1) is 0 Å². The molecule has 3 aromatic rings. The summed E-state index contributed by atoms with van der Waals surface area (Å²) in [5, 5.41) is 0.970. The molecule has 0 unspecified atom stereocenters. The van der Waals surface area contributed by atoms with E-state index in [4.69, 9.17) is 4.74 Å². The van der Waals surface area contributed by atoms with Gasteiger partial charge in [0, 0.05) is 10.9 Å². The summed E-state index contributed by atoms with van der Waals surface area (Å²) < 4.78 is 5.40. The second-order valence-electron chi connectivity index (χ2n) is 4.53. The van der Waals surface area contributed by atoms with Crippen molar-refractivity contribution in [3.63, 3.8) is 0 Å². The van der Waals surface area contributed by atoms with Crippen LogP contribution in [0.3, 0.4) is 0 Å². The number of aryl methyl sites for hydroxylation is 2. The van der Waals surface area contributed by atoms with Gasteiger partial charge in [0.25, 0.3) is 0 Å². The number of benzene rings is 1. The number of para-hydroxylation sites is 1.